The Morgan fingerprint density at radius 2 is 1.74 bits per heavy atom. The van der Waals surface area contributed by atoms with Crippen LogP contribution in [-0.2, 0) is 14.6 Å². The third-order valence-corrected chi connectivity index (χ3v) is 4.78. The molecule has 0 spiro atoms. The molecule has 0 aliphatic carbocycles. The van der Waals surface area contributed by atoms with Crippen LogP contribution in [0.25, 0.3) is 0 Å². The van der Waals surface area contributed by atoms with Gasteiger partial charge in [0.15, 0.2) is 9.84 Å². The van der Waals surface area contributed by atoms with Crippen LogP contribution in [0.5, 0.6) is 0 Å². The Hall–Kier alpha value is -1.36. The van der Waals surface area contributed by atoms with Gasteiger partial charge < -0.3 is 5.11 Å². The summed E-state index contributed by atoms with van der Waals surface area (Å²) in [5.74, 6) is -1.15. The van der Waals surface area contributed by atoms with Crippen molar-refractivity contribution >= 4 is 15.8 Å². The SMILES string of the molecule is CCS(=O)(=O)c1ccc(C(CC(C)C)C(=O)O)cc1. The fraction of sp³-hybridized carbons (Fsp3) is 0.500. The van der Waals surface area contributed by atoms with Crippen LogP contribution < -0.4 is 0 Å². The molecule has 0 heterocycles. The first-order valence-electron chi connectivity index (χ1n) is 6.33. The Balaban J connectivity index is 3.06. The van der Waals surface area contributed by atoms with Crippen LogP contribution >= 0.6 is 0 Å². The fourth-order valence-electron chi connectivity index (χ4n) is 1.93. The molecule has 1 rings (SSSR count). The molecule has 0 aromatic heterocycles. The zero-order valence-electron chi connectivity index (χ0n) is 11.5. The lowest BCUT2D eigenvalue weighted by Crippen LogP contribution is -2.14. The molecular formula is C14H20O4S. The smallest absolute Gasteiger partial charge is 0.310 e. The van der Waals surface area contributed by atoms with Crippen LogP contribution in [0.15, 0.2) is 29.2 Å². The summed E-state index contributed by atoms with van der Waals surface area (Å²) in [7, 11) is -3.23. The largest absolute Gasteiger partial charge is 0.481 e. The van der Waals surface area contributed by atoms with E-state index in [1.165, 1.54) is 12.1 Å². The Labute approximate surface area is 114 Å². The second-order valence-corrected chi connectivity index (χ2v) is 7.27. The number of benzene rings is 1. The van der Waals surface area contributed by atoms with Gasteiger partial charge in [-0.1, -0.05) is 32.9 Å². The highest BCUT2D eigenvalue weighted by molar-refractivity contribution is 7.91. The summed E-state index contributed by atoms with van der Waals surface area (Å²) in [6.45, 7) is 5.51. The Kier molecular flexibility index (Phi) is 5.11. The van der Waals surface area contributed by atoms with Crippen LogP contribution in [0, 0.1) is 5.92 Å². The predicted octanol–water partition coefficient (Wildman–Crippen LogP) is 2.69. The van der Waals surface area contributed by atoms with E-state index in [1.807, 2.05) is 13.8 Å². The molecule has 5 heteroatoms. The molecule has 106 valence electrons. The molecule has 0 saturated heterocycles. The van der Waals surface area contributed by atoms with E-state index in [1.54, 1.807) is 19.1 Å². The van der Waals surface area contributed by atoms with Crippen LogP contribution in [-0.4, -0.2) is 25.2 Å². The number of sulfone groups is 1. The molecule has 0 amide bonds. The van der Waals surface area contributed by atoms with Gasteiger partial charge in [-0.25, -0.2) is 8.42 Å². The summed E-state index contributed by atoms with van der Waals surface area (Å²) in [6.07, 6.45) is 0.537. The van der Waals surface area contributed by atoms with E-state index >= 15 is 0 Å². The molecule has 1 aromatic carbocycles. The van der Waals surface area contributed by atoms with Crippen LogP contribution in [0.3, 0.4) is 0 Å². The monoisotopic (exact) mass is 284 g/mol. The summed E-state index contributed by atoms with van der Waals surface area (Å²) in [4.78, 5) is 11.5. The van der Waals surface area contributed by atoms with E-state index < -0.39 is 21.7 Å². The van der Waals surface area contributed by atoms with E-state index in [0.29, 0.717) is 12.0 Å². The van der Waals surface area contributed by atoms with E-state index in [2.05, 4.69) is 0 Å². The molecule has 0 saturated carbocycles. The van der Waals surface area contributed by atoms with Crippen molar-refractivity contribution in [1.82, 2.24) is 0 Å². The zero-order chi connectivity index (χ0) is 14.6. The first-order chi connectivity index (χ1) is 8.77. The highest BCUT2D eigenvalue weighted by atomic mass is 32.2. The van der Waals surface area contributed by atoms with Crippen molar-refractivity contribution in [3.05, 3.63) is 29.8 Å². The van der Waals surface area contributed by atoms with Crippen molar-refractivity contribution in [3.63, 3.8) is 0 Å². The second kappa shape index (κ2) is 6.19. The van der Waals surface area contributed by atoms with Crippen LogP contribution in [0.1, 0.15) is 38.7 Å². The number of carbonyl (C=O) groups is 1. The van der Waals surface area contributed by atoms with Gasteiger partial charge in [0.1, 0.15) is 0 Å². The molecule has 0 bridgehead atoms. The molecular weight excluding hydrogens is 264 g/mol. The third-order valence-electron chi connectivity index (χ3n) is 3.03. The molecule has 0 aliphatic heterocycles. The molecule has 19 heavy (non-hydrogen) atoms. The second-order valence-electron chi connectivity index (χ2n) is 4.99. The maximum absolute atomic E-state index is 11.7. The van der Waals surface area contributed by atoms with Crippen molar-refractivity contribution < 1.29 is 18.3 Å². The van der Waals surface area contributed by atoms with Crippen molar-refractivity contribution in [2.75, 3.05) is 5.75 Å². The molecule has 0 aliphatic rings. The Morgan fingerprint density at radius 3 is 2.11 bits per heavy atom. The van der Waals surface area contributed by atoms with Gasteiger partial charge in [0.25, 0.3) is 0 Å². The van der Waals surface area contributed by atoms with E-state index in [-0.39, 0.29) is 16.6 Å². The van der Waals surface area contributed by atoms with Crippen molar-refractivity contribution in [1.29, 1.82) is 0 Å². The number of hydrogen-bond donors (Lipinski definition) is 1. The molecule has 4 nitrogen and oxygen atoms in total. The average Bonchev–Trinajstić information content (AvgIpc) is 2.35. The lowest BCUT2D eigenvalue weighted by molar-refractivity contribution is -0.139. The molecule has 1 N–H and O–H groups in total. The summed E-state index contributed by atoms with van der Waals surface area (Å²) >= 11 is 0. The third kappa shape index (κ3) is 4.06. The first-order valence-corrected chi connectivity index (χ1v) is 7.98. The minimum absolute atomic E-state index is 0.0424. The van der Waals surface area contributed by atoms with Gasteiger partial charge in [-0.3, -0.25) is 4.79 Å². The van der Waals surface area contributed by atoms with Crippen molar-refractivity contribution in [2.45, 2.75) is 38.0 Å². The Morgan fingerprint density at radius 1 is 1.21 bits per heavy atom. The maximum Gasteiger partial charge on any atom is 0.310 e. The summed E-state index contributed by atoms with van der Waals surface area (Å²) in [5.41, 5.74) is 0.649. The van der Waals surface area contributed by atoms with Crippen molar-refractivity contribution in [3.8, 4) is 0 Å². The van der Waals surface area contributed by atoms with Crippen molar-refractivity contribution in [2.24, 2.45) is 5.92 Å². The topological polar surface area (TPSA) is 71.4 Å². The quantitative estimate of drug-likeness (QED) is 0.871. The highest BCUT2D eigenvalue weighted by Gasteiger charge is 2.21. The highest BCUT2D eigenvalue weighted by Crippen LogP contribution is 2.25. The maximum atomic E-state index is 11.7. The van der Waals surface area contributed by atoms with Gasteiger partial charge in [-0.15, -0.1) is 0 Å². The number of rotatable bonds is 6. The van der Waals surface area contributed by atoms with Gasteiger partial charge in [-0.05, 0) is 30.0 Å². The Bertz CT molecular complexity index is 529. The van der Waals surface area contributed by atoms with Crippen LogP contribution in [0.4, 0.5) is 0 Å². The molecule has 1 aromatic rings. The number of carboxylic acids is 1. The summed E-state index contributed by atoms with van der Waals surface area (Å²) in [5, 5.41) is 9.23. The van der Waals surface area contributed by atoms with Crippen LogP contribution in [0.2, 0.25) is 0 Å². The first kappa shape index (κ1) is 15.7. The molecule has 1 unspecified atom stereocenters. The fourth-order valence-corrected chi connectivity index (χ4v) is 2.81. The van der Waals surface area contributed by atoms with Gasteiger partial charge in [0.2, 0.25) is 0 Å². The van der Waals surface area contributed by atoms with E-state index in [0.717, 1.165) is 0 Å². The summed E-state index contributed by atoms with van der Waals surface area (Å²) in [6, 6.07) is 6.18. The van der Waals surface area contributed by atoms with Gasteiger partial charge in [0.05, 0.1) is 16.6 Å². The minimum Gasteiger partial charge on any atom is -0.481 e. The summed E-state index contributed by atoms with van der Waals surface area (Å²) < 4.78 is 23.4. The standard InChI is InChI=1S/C14H20O4S/c1-4-19(17,18)12-7-5-11(6-8-12)13(14(15)16)9-10(2)3/h5-8,10,13H,4,9H2,1-3H3,(H,15,16). The molecule has 0 radical (unpaired) electrons. The predicted molar refractivity (Wildman–Crippen MR) is 74.0 cm³/mol. The van der Waals surface area contributed by atoms with Gasteiger partial charge in [0, 0.05) is 0 Å². The lowest BCUT2D eigenvalue weighted by atomic mass is 9.90. The average molecular weight is 284 g/mol. The van der Waals surface area contributed by atoms with E-state index in [4.69, 9.17) is 0 Å². The number of aliphatic carboxylic acids is 1. The number of carboxylic acid groups (broad SMARTS) is 1. The zero-order valence-corrected chi connectivity index (χ0v) is 12.3. The molecule has 0 fully saturated rings. The van der Waals surface area contributed by atoms with Gasteiger partial charge in [-0.2, -0.15) is 0 Å². The number of hydrogen-bond acceptors (Lipinski definition) is 3. The minimum atomic E-state index is -3.23. The van der Waals surface area contributed by atoms with Gasteiger partial charge >= 0.3 is 5.97 Å². The molecule has 1 atom stereocenters. The normalized spacial score (nSPS) is 13.5. The van der Waals surface area contributed by atoms with E-state index in [9.17, 15) is 18.3 Å². The lowest BCUT2D eigenvalue weighted by Gasteiger charge is -2.15.